The molecule has 0 spiro atoms. The molecule has 0 radical (unpaired) electrons. The molecule has 0 saturated heterocycles. The maximum atomic E-state index is 13.2. The summed E-state index contributed by atoms with van der Waals surface area (Å²) in [5, 5.41) is 3.29. The van der Waals surface area contributed by atoms with Crippen molar-refractivity contribution in [3.63, 3.8) is 0 Å². The highest BCUT2D eigenvalue weighted by Gasteiger charge is 2.03. The lowest BCUT2D eigenvalue weighted by molar-refractivity contribution is 0.617. The molecular formula is C16H16FN3. The van der Waals surface area contributed by atoms with Crippen LogP contribution in [0.4, 0.5) is 4.39 Å². The van der Waals surface area contributed by atoms with E-state index in [9.17, 15) is 4.39 Å². The van der Waals surface area contributed by atoms with Crippen molar-refractivity contribution in [2.75, 3.05) is 0 Å². The van der Waals surface area contributed by atoms with Gasteiger partial charge in [-0.1, -0.05) is 18.2 Å². The van der Waals surface area contributed by atoms with E-state index in [1.807, 2.05) is 31.2 Å². The van der Waals surface area contributed by atoms with Crippen LogP contribution in [-0.2, 0) is 13.1 Å². The second-order valence-electron chi connectivity index (χ2n) is 4.88. The number of fused-ring (bicyclic) bond motifs is 1. The Kier molecular flexibility index (Phi) is 3.48. The Labute approximate surface area is 116 Å². The molecule has 0 unspecified atom stereocenters. The second-order valence-corrected chi connectivity index (χ2v) is 4.88. The fourth-order valence-electron chi connectivity index (χ4n) is 2.24. The number of aryl methyl sites for hydroxylation is 1. The Morgan fingerprint density at radius 3 is 2.85 bits per heavy atom. The number of aromatic nitrogens is 2. The highest BCUT2D eigenvalue weighted by atomic mass is 19.1. The van der Waals surface area contributed by atoms with Gasteiger partial charge in [0.2, 0.25) is 0 Å². The first-order chi connectivity index (χ1) is 9.72. The van der Waals surface area contributed by atoms with Crippen molar-refractivity contribution in [1.29, 1.82) is 0 Å². The number of hydrogen-bond donors (Lipinski definition) is 2. The molecule has 0 fully saturated rings. The number of hydrogen-bond acceptors (Lipinski definition) is 2. The lowest BCUT2D eigenvalue weighted by Gasteiger charge is -2.06. The number of halogens is 1. The first kappa shape index (κ1) is 12.8. The number of nitrogens with zero attached hydrogens (tertiary/aromatic N) is 1. The summed E-state index contributed by atoms with van der Waals surface area (Å²) in [6.45, 7) is 3.24. The van der Waals surface area contributed by atoms with Gasteiger partial charge in [-0.2, -0.15) is 0 Å². The number of aromatic amines is 1. The minimum absolute atomic E-state index is 0.198. The summed E-state index contributed by atoms with van der Waals surface area (Å²) >= 11 is 0. The smallest absolute Gasteiger partial charge is 0.123 e. The predicted octanol–water partition coefficient (Wildman–Crippen LogP) is 3.30. The molecule has 3 aromatic rings. The summed E-state index contributed by atoms with van der Waals surface area (Å²) in [7, 11) is 0. The van der Waals surface area contributed by atoms with E-state index in [0.717, 1.165) is 28.0 Å². The molecule has 0 aliphatic carbocycles. The van der Waals surface area contributed by atoms with Crippen LogP contribution in [0.1, 0.15) is 17.0 Å². The van der Waals surface area contributed by atoms with Crippen molar-refractivity contribution in [3.05, 3.63) is 65.2 Å². The van der Waals surface area contributed by atoms with E-state index in [1.54, 1.807) is 12.1 Å². The summed E-state index contributed by atoms with van der Waals surface area (Å²) in [4.78, 5) is 7.75. The highest BCUT2D eigenvalue weighted by molar-refractivity contribution is 5.74. The van der Waals surface area contributed by atoms with Crippen LogP contribution in [0, 0.1) is 12.7 Å². The van der Waals surface area contributed by atoms with Gasteiger partial charge in [-0.3, -0.25) is 0 Å². The van der Waals surface area contributed by atoms with Crippen molar-refractivity contribution in [3.8, 4) is 0 Å². The molecule has 0 atom stereocenters. The summed E-state index contributed by atoms with van der Waals surface area (Å²) < 4.78 is 13.2. The van der Waals surface area contributed by atoms with Gasteiger partial charge in [0.05, 0.1) is 17.6 Å². The van der Waals surface area contributed by atoms with Crippen LogP contribution >= 0.6 is 0 Å². The van der Waals surface area contributed by atoms with E-state index in [4.69, 9.17) is 0 Å². The number of H-pyrrole nitrogens is 1. The maximum Gasteiger partial charge on any atom is 0.123 e. The van der Waals surface area contributed by atoms with Gasteiger partial charge >= 0.3 is 0 Å². The molecule has 3 nitrogen and oxygen atoms in total. The fourth-order valence-corrected chi connectivity index (χ4v) is 2.24. The zero-order valence-corrected chi connectivity index (χ0v) is 11.3. The van der Waals surface area contributed by atoms with Gasteiger partial charge in [0.1, 0.15) is 11.6 Å². The third-order valence-electron chi connectivity index (χ3n) is 3.36. The van der Waals surface area contributed by atoms with Crippen LogP contribution in [0.25, 0.3) is 11.0 Å². The third-order valence-corrected chi connectivity index (χ3v) is 3.36. The zero-order valence-electron chi connectivity index (χ0n) is 11.3. The molecule has 0 aliphatic heterocycles. The molecule has 1 aromatic heterocycles. The molecule has 0 bridgehead atoms. The largest absolute Gasteiger partial charge is 0.341 e. The first-order valence-electron chi connectivity index (χ1n) is 6.62. The van der Waals surface area contributed by atoms with Crippen molar-refractivity contribution >= 4 is 11.0 Å². The number of rotatable bonds is 4. The monoisotopic (exact) mass is 269 g/mol. The molecule has 2 aromatic carbocycles. The quantitative estimate of drug-likeness (QED) is 0.763. The molecule has 4 heteroatoms. The van der Waals surface area contributed by atoms with E-state index < -0.39 is 0 Å². The van der Waals surface area contributed by atoms with Crippen LogP contribution in [0.5, 0.6) is 0 Å². The third kappa shape index (κ3) is 2.70. The Morgan fingerprint density at radius 1 is 1.15 bits per heavy atom. The van der Waals surface area contributed by atoms with E-state index in [1.165, 1.54) is 6.07 Å². The molecular weight excluding hydrogens is 253 g/mol. The van der Waals surface area contributed by atoms with Gasteiger partial charge in [0.15, 0.2) is 0 Å². The van der Waals surface area contributed by atoms with Gasteiger partial charge in [-0.05, 0) is 42.3 Å². The normalized spacial score (nSPS) is 11.1. The summed E-state index contributed by atoms with van der Waals surface area (Å²) in [5.41, 5.74) is 4.06. The number of imidazole rings is 1. The minimum Gasteiger partial charge on any atom is -0.341 e. The fraction of sp³-hybridized carbons (Fsp3) is 0.188. The number of nitrogens with one attached hydrogen (secondary N) is 2. The van der Waals surface area contributed by atoms with Gasteiger partial charge in [0.25, 0.3) is 0 Å². The average Bonchev–Trinajstić information content (AvgIpc) is 2.85. The van der Waals surface area contributed by atoms with Crippen molar-refractivity contribution in [2.24, 2.45) is 0 Å². The number of benzene rings is 2. The predicted molar refractivity (Wildman–Crippen MR) is 77.8 cm³/mol. The molecule has 2 N–H and O–H groups in total. The van der Waals surface area contributed by atoms with Crippen molar-refractivity contribution in [2.45, 2.75) is 20.0 Å². The molecule has 0 saturated carbocycles. The number of para-hydroxylation sites is 2. The van der Waals surface area contributed by atoms with Crippen molar-refractivity contribution in [1.82, 2.24) is 15.3 Å². The maximum absolute atomic E-state index is 13.2. The Balaban J connectivity index is 1.66. The Bertz CT molecular complexity index is 700. The summed E-state index contributed by atoms with van der Waals surface area (Å²) in [5.74, 6) is 0.691. The molecule has 102 valence electrons. The van der Waals surface area contributed by atoms with Crippen LogP contribution < -0.4 is 5.32 Å². The van der Waals surface area contributed by atoms with Crippen molar-refractivity contribution < 1.29 is 4.39 Å². The lowest BCUT2D eigenvalue weighted by Crippen LogP contribution is -2.14. The Morgan fingerprint density at radius 2 is 2.00 bits per heavy atom. The second kappa shape index (κ2) is 5.43. The van der Waals surface area contributed by atoms with Gasteiger partial charge in [-0.25, -0.2) is 9.37 Å². The van der Waals surface area contributed by atoms with E-state index in [-0.39, 0.29) is 5.82 Å². The molecule has 0 amide bonds. The van der Waals surface area contributed by atoms with Gasteiger partial charge in [0, 0.05) is 6.54 Å². The van der Waals surface area contributed by atoms with E-state index in [2.05, 4.69) is 15.3 Å². The van der Waals surface area contributed by atoms with Crippen LogP contribution in [0.15, 0.2) is 42.5 Å². The average molecular weight is 269 g/mol. The molecule has 0 aliphatic rings. The highest BCUT2D eigenvalue weighted by Crippen LogP contribution is 2.12. The standard InChI is InChI=1S/C16H16FN3/c1-11-6-7-13(17)8-12(11)9-18-10-16-19-14-4-2-3-5-15(14)20-16/h2-8,18H,9-10H2,1H3,(H,19,20). The molecule has 1 heterocycles. The van der Waals surface area contributed by atoms with E-state index >= 15 is 0 Å². The van der Waals surface area contributed by atoms with Gasteiger partial charge in [-0.15, -0.1) is 0 Å². The lowest BCUT2D eigenvalue weighted by atomic mass is 10.1. The minimum atomic E-state index is -0.198. The molecule has 20 heavy (non-hydrogen) atoms. The first-order valence-corrected chi connectivity index (χ1v) is 6.62. The zero-order chi connectivity index (χ0) is 13.9. The SMILES string of the molecule is Cc1ccc(F)cc1CNCc1nc2ccccc2[nH]1. The van der Waals surface area contributed by atoms with E-state index in [0.29, 0.717) is 13.1 Å². The summed E-state index contributed by atoms with van der Waals surface area (Å²) in [6, 6.07) is 12.8. The van der Waals surface area contributed by atoms with Crippen LogP contribution in [-0.4, -0.2) is 9.97 Å². The van der Waals surface area contributed by atoms with Crippen LogP contribution in [0.2, 0.25) is 0 Å². The summed E-state index contributed by atoms with van der Waals surface area (Å²) in [6.07, 6.45) is 0. The Hall–Kier alpha value is -2.20. The topological polar surface area (TPSA) is 40.7 Å². The van der Waals surface area contributed by atoms with Crippen LogP contribution in [0.3, 0.4) is 0 Å². The molecule has 3 rings (SSSR count). The van der Waals surface area contributed by atoms with Gasteiger partial charge < -0.3 is 10.3 Å².